The van der Waals surface area contributed by atoms with Crippen LogP contribution in [-0.4, -0.2) is 33.8 Å². The summed E-state index contributed by atoms with van der Waals surface area (Å²) in [5, 5.41) is 0.854. The molecule has 1 saturated heterocycles. The van der Waals surface area contributed by atoms with Gasteiger partial charge in [-0.15, -0.1) is 0 Å². The topological polar surface area (TPSA) is 51.5 Å². The summed E-state index contributed by atoms with van der Waals surface area (Å²) in [4.78, 5) is 27.5. The number of rotatable bonds is 9. The number of imide groups is 1. The van der Waals surface area contributed by atoms with Crippen molar-refractivity contribution in [1.82, 2.24) is 9.47 Å². The molecule has 0 radical (unpaired) electrons. The van der Waals surface area contributed by atoms with E-state index >= 15 is 0 Å². The van der Waals surface area contributed by atoms with Crippen LogP contribution < -0.4 is 4.74 Å². The fourth-order valence-corrected chi connectivity index (χ4v) is 5.29. The molecule has 5 nitrogen and oxygen atoms in total. The number of benzene rings is 3. The highest BCUT2D eigenvalue weighted by molar-refractivity contribution is 8.18. The largest absolute Gasteiger partial charge is 0.493 e. The maximum absolute atomic E-state index is 13.1. The van der Waals surface area contributed by atoms with Crippen LogP contribution in [-0.2, 0) is 17.8 Å². The molecule has 1 aliphatic heterocycles. The second kappa shape index (κ2) is 10.9. The summed E-state index contributed by atoms with van der Waals surface area (Å²) < 4.78 is 8.16. The Morgan fingerprint density at radius 3 is 2.47 bits per heavy atom. The second-order valence-corrected chi connectivity index (χ2v) is 9.82. The number of fused-ring (bicyclic) bond motifs is 1. The fourth-order valence-electron chi connectivity index (χ4n) is 4.43. The molecule has 0 spiro atoms. The van der Waals surface area contributed by atoms with Gasteiger partial charge in [-0.25, -0.2) is 0 Å². The number of thioether (sulfide) groups is 1. The summed E-state index contributed by atoms with van der Waals surface area (Å²) in [6.07, 6.45) is 5.42. The van der Waals surface area contributed by atoms with Crippen LogP contribution in [0, 0.1) is 6.92 Å². The van der Waals surface area contributed by atoms with E-state index in [9.17, 15) is 9.59 Å². The molecule has 182 valence electrons. The summed E-state index contributed by atoms with van der Waals surface area (Å²) in [6.45, 7) is 3.84. The predicted octanol–water partition coefficient (Wildman–Crippen LogP) is 6.70. The minimum atomic E-state index is -0.218. The van der Waals surface area contributed by atoms with Gasteiger partial charge in [-0.2, -0.15) is 0 Å². The standard InChI is InChI=1S/C30H28N2O3S/c1-22-10-5-8-15-27(22)35-19-9-17-31-21-24(25-13-6-7-14-26(25)31)20-28-29(33)32(30(34)36-28)18-16-23-11-3-2-4-12-23/h2-8,10-15,20-21H,9,16-19H2,1H3/b28-20-. The normalized spacial score (nSPS) is 14.8. The molecule has 2 amide bonds. The van der Waals surface area contributed by atoms with Crippen molar-refractivity contribution in [3.63, 3.8) is 0 Å². The van der Waals surface area contributed by atoms with Crippen molar-refractivity contribution >= 4 is 39.9 Å². The summed E-state index contributed by atoms with van der Waals surface area (Å²) in [7, 11) is 0. The number of carbonyl (C=O) groups excluding carboxylic acids is 2. The third kappa shape index (κ3) is 5.24. The van der Waals surface area contributed by atoms with Crippen molar-refractivity contribution in [2.75, 3.05) is 13.2 Å². The first-order valence-electron chi connectivity index (χ1n) is 12.2. The molecule has 5 rings (SSSR count). The summed E-state index contributed by atoms with van der Waals surface area (Å²) in [5.74, 6) is 0.697. The average Bonchev–Trinajstić information content (AvgIpc) is 3.38. The van der Waals surface area contributed by atoms with Crippen LogP contribution in [0.15, 0.2) is 90.0 Å². The highest BCUT2D eigenvalue weighted by Crippen LogP contribution is 2.34. The van der Waals surface area contributed by atoms with Gasteiger partial charge in [-0.1, -0.05) is 66.7 Å². The van der Waals surface area contributed by atoms with Crippen LogP contribution in [0.2, 0.25) is 0 Å². The monoisotopic (exact) mass is 496 g/mol. The van der Waals surface area contributed by atoms with Crippen molar-refractivity contribution in [3.8, 4) is 5.75 Å². The Labute approximate surface area is 215 Å². The van der Waals surface area contributed by atoms with Crippen LogP contribution in [0.5, 0.6) is 5.75 Å². The van der Waals surface area contributed by atoms with Gasteiger partial charge < -0.3 is 9.30 Å². The van der Waals surface area contributed by atoms with Gasteiger partial charge in [-0.05, 0) is 60.9 Å². The van der Waals surface area contributed by atoms with Gasteiger partial charge in [0.05, 0.1) is 11.5 Å². The van der Waals surface area contributed by atoms with E-state index in [0.717, 1.165) is 58.1 Å². The van der Waals surface area contributed by atoms with Gasteiger partial charge in [0.25, 0.3) is 11.1 Å². The maximum atomic E-state index is 13.1. The Morgan fingerprint density at radius 2 is 1.64 bits per heavy atom. The molecule has 6 heteroatoms. The zero-order chi connectivity index (χ0) is 24.9. The van der Waals surface area contributed by atoms with E-state index in [1.165, 1.54) is 4.90 Å². The number of ether oxygens (including phenoxy) is 1. The maximum Gasteiger partial charge on any atom is 0.293 e. The molecule has 2 heterocycles. The summed E-state index contributed by atoms with van der Waals surface area (Å²) >= 11 is 1.02. The smallest absolute Gasteiger partial charge is 0.293 e. The number of para-hydroxylation sites is 2. The molecule has 3 aromatic carbocycles. The van der Waals surface area contributed by atoms with Crippen LogP contribution in [0.25, 0.3) is 17.0 Å². The van der Waals surface area contributed by atoms with Crippen LogP contribution in [0.4, 0.5) is 4.79 Å². The molecule has 1 fully saturated rings. The number of hydrogen-bond donors (Lipinski definition) is 0. The molecule has 1 aromatic heterocycles. The molecular formula is C30H28N2O3S. The third-order valence-corrected chi connectivity index (χ3v) is 7.25. The first kappa shape index (κ1) is 23.9. The van der Waals surface area contributed by atoms with Crippen molar-refractivity contribution < 1.29 is 14.3 Å². The van der Waals surface area contributed by atoms with E-state index < -0.39 is 0 Å². The molecule has 36 heavy (non-hydrogen) atoms. The highest BCUT2D eigenvalue weighted by Gasteiger charge is 2.34. The molecule has 0 N–H and O–H groups in total. The Kier molecular flexibility index (Phi) is 7.23. The second-order valence-electron chi connectivity index (χ2n) is 8.83. The molecule has 0 unspecified atom stereocenters. The van der Waals surface area contributed by atoms with E-state index in [-0.39, 0.29) is 11.1 Å². The van der Waals surface area contributed by atoms with Crippen LogP contribution in [0.1, 0.15) is 23.1 Å². The Bertz CT molecular complexity index is 1420. The summed E-state index contributed by atoms with van der Waals surface area (Å²) in [6, 6.07) is 26.1. The molecule has 1 aliphatic rings. The van der Waals surface area contributed by atoms with Gasteiger partial charge in [-0.3, -0.25) is 14.5 Å². The van der Waals surface area contributed by atoms with Crippen molar-refractivity contribution in [3.05, 3.63) is 107 Å². The molecular weight excluding hydrogens is 468 g/mol. The first-order chi connectivity index (χ1) is 17.6. The minimum absolute atomic E-state index is 0.209. The van der Waals surface area contributed by atoms with E-state index in [1.807, 2.05) is 79.7 Å². The molecule has 0 aliphatic carbocycles. The SMILES string of the molecule is Cc1ccccc1OCCCn1cc(/C=C2\SC(=O)N(CCc3ccccc3)C2=O)c2ccccc21. The molecule has 4 aromatic rings. The third-order valence-electron chi connectivity index (χ3n) is 6.34. The number of aryl methyl sites for hydroxylation is 2. The fraction of sp³-hybridized carbons (Fsp3) is 0.200. The Hall–Kier alpha value is -3.77. The van der Waals surface area contributed by atoms with Crippen molar-refractivity contribution in [2.24, 2.45) is 0 Å². The molecule has 0 saturated carbocycles. The van der Waals surface area contributed by atoms with Gasteiger partial charge in [0.2, 0.25) is 0 Å². The van der Waals surface area contributed by atoms with Gasteiger partial charge in [0, 0.05) is 35.8 Å². The molecule has 0 bridgehead atoms. The lowest BCUT2D eigenvalue weighted by Crippen LogP contribution is -2.30. The first-order valence-corrected chi connectivity index (χ1v) is 13.0. The number of nitrogens with zero attached hydrogens (tertiary/aromatic N) is 2. The molecule has 0 atom stereocenters. The van der Waals surface area contributed by atoms with E-state index in [0.29, 0.717) is 24.5 Å². The van der Waals surface area contributed by atoms with Crippen LogP contribution >= 0.6 is 11.8 Å². The lowest BCUT2D eigenvalue weighted by atomic mass is 10.1. The zero-order valence-corrected chi connectivity index (χ0v) is 21.0. The number of hydrogen-bond acceptors (Lipinski definition) is 4. The number of carbonyl (C=O) groups is 2. The zero-order valence-electron chi connectivity index (χ0n) is 20.2. The lowest BCUT2D eigenvalue weighted by Gasteiger charge is -2.12. The van der Waals surface area contributed by atoms with Crippen molar-refractivity contribution in [2.45, 2.75) is 26.3 Å². The Balaban J connectivity index is 1.29. The average molecular weight is 497 g/mol. The quantitative estimate of drug-likeness (QED) is 0.191. The van der Waals surface area contributed by atoms with Crippen LogP contribution in [0.3, 0.4) is 0 Å². The number of aromatic nitrogens is 1. The van der Waals surface area contributed by atoms with Gasteiger partial charge in [0.15, 0.2) is 0 Å². The van der Waals surface area contributed by atoms with E-state index in [4.69, 9.17) is 4.74 Å². The Morgan fingerprint density at radius 1 is 0.889 bits per heavy atom. The summed E-state index contributed by atoms with van der Waals surface area (Å²) in [5.41, 5.74) is 4.28. The van der Waals surface area contributed by atoms with E-state index in [1.54, 1.807) is 0 Å². The van der Waals surface area contributed by atoms with Gasteiger partial charge >= 0.3 is 0 Å². The number of amides is 2. The van der Waals surface area contributed by atoms with Crippen molar-refractivity contribution in [1.29, 1.82) is 0 Å². The van der Waals surface area contributed by atoms with Gasteiger partial charge in [0.1, 0.15) is 5.75 Å². The predicted molar refractivity (Wildman–Crippen MR) is 146 cm³/mol. The van der Waals surface area contributed by atoms with E-state index in [2.05, 4.69) is 22.9 Å². The minimum Gasteiger partial charge on any atom is -0.493 e. The lowest BCUT2D eigenvalue weighted by molar-refractivity contribution is -0.122. The highest BCUT2D eigenvalue weighted by atomic mass is 32.2.